The van der Waals surface area contributed by atoms with Gasteiger partial charge in [0.25, 0.3) is 17.7 Å². The minimum absolute atomic E-state index is 0.263. The molecule has 4 rings (SSSR count). The summed E-state index contributed by atoms with van der Waals surface area (Å²) in [6.07, 6.45) is 0. The lowest BCUT2D eigenvalue weighted by Crippen LogP contribution is -2.46. The quantitative estimate of drug-likeness (QED) is 0.231. The van der Waals surface area contributed by atoms with Gasteiger partial charge in [-0.15, -0.1) is 0 Å². The van der Waals surface area contributed by atoms with E-state index >= 15 is 0 Å². The Morgan fingerprint density at radius 2 is 1.62 bits per heavy atom. The lowest BCUT2D eigenvalue weighted by molar-refractivity contribution is -0.120. The number of carbonyl (C=O) groups is 3. The van der Waals surface area contributed by atoms with Crippen molar-refractivity contribution in [2.24, 2.45) is 0 Å². The van der Waals surface area contributed by atoms with Crippen LogP contribution in [0, 0.1) is 0 Å². The normalized spacial score (nSPS) is 10.6. The molecule has 4 N–H and O–H groups in total. The summed E-state index contributed by atoms with van der Waals surface area (Å²) in [6, 6.07) is 21.4. The molecule has 0 fully saturated rings. The van der Waals surface area contributed by atoms with E-state index in [9.17, 15) is 14.4 Å². The molecule has 10 heteroatoms. The van der Waals surface area contributed by atoms with Crippen LogP contribution in [-0.4, -0.2) is 34.2 Å². The largest absolute Gasteiger partial charge is 0.343 e. The number of nitrogens with zero attached hydrogens (tertiary/aromatic N) is 1. The summed E-state index contributed by atoms with van der Waals surface area (Å²) < 4.78 is 0. The van der Waals surface area contributed by atoms with E-state index < -0.39 is 17.7 Å². The summed E-state index contributed by atoms with van der Waals surface area (Å²) in [5.74, 6) is -0.845. The average molecular weight is 494 g/mol. The lowest BCUT2D eigenvalue weighted by atomic mass is 10.1. The second-order valence-electron chi connectivity index (χ2n) is 7.21. The van der Waals surface area contributed by atoms with E-state index in [2.05, 4.69) is 26.1 Å². The molecular formula is C24H20ClN5O3S. The summed E-state index contributed by atoms with van der Waals surface area (Å²) in [5, 5.41) is 3.56. The molecule has 0 aliphatic carbocycles. The van der Waals surface area contributed by atoms with Crippen LogP contribution < -0.4 is 16.2 Å². The summed E-state index contributed by atoms with van der Waals surface area (Å²) in [7, 11) is 0. The van der Waals surface area contributed by atoms with Gasteiger partial charge in [0.15, 0.2) is 5.16 Å². The zero-order valence-corrected chi connectivity index (χ0v) is 19.4. The number of H-pyrrole nitrogens is 1. The van der Waals surface area contributed by atoms with E-state index in [4.69, 9.17) is 11.6 Å². The second-order valence-corrected chi connectivity index (χ2v) is 8.58. The number of para-hydroxylation sites is 2. The monoisotopic (exact) mass is 493 g/mol. The number of hydrogen-bond donors (Lipinski definition) is 4. The fourth-order valence-electron chi connectivity index (χ4n) is 3.05. The third-order valence-corrected chi connectivity index (χ3v) is 6.08. The van der Waals surface area contributed by atoms with Crippen molar-refractivity contribution in [1.29, 1.82) is 0 Å². The number of fused-ring (bicyclic) bond motifs is 1. The number of aromatic amines is 1. The number of hydrogen-bond acceptors (Lipinski definition) is 5. The fourth-order valence-corrected chi connectivity index (χ4v) is 4.11. The van der Waals surface area contributed by atoms with Crippen LogP contribution in [0.25, 0.3) is 11.0 Å². The van der Waals surface area contributed by atoms with E-state index in [1.165, 1.54) is 0 Å². The Labute approximate surface area is 204 Å². The number of halogens is 1. The Morgan fingerprint density at radius 1 is 0.882 bits per heavy atom. The number of aromatic nitrogens is 2. The van der Waals surface area contributed by atoms with E-state index in [0.29, 0.717) is 11.3 Å². The number of nitrogens with one attached hydrogen (secondary N) is 4. The zero-order chi connectivity index (χ0) is 23.9. The molecule has 8 nitrogen and oxygen atoms in total. The molecule has 0 saturated carbocycles. The van der Waals surface area contributed by atoms with Crippen molar-refractivity contribution in [2.45, 2.75) is 10.9 Å². The van der Waals surface area contributed by atoms with Crippen LogP contribution in [0.4, 0.5) is 0 Å². The topological polar surface area (TPSA) is 116 Å². The predicted molar refractivity (Wildman–Crippen MR) is 131 cm³/mol. The van der Waals surface area contributed by atoms with Crippen LogP contribution >= 0.6 is 23.4 Å². The standard InChI is InChI=1S/C24H20ClN5O3S/c25-18-6-2-1-5-17(18)23(33)26-13-21(31)29-30-22(32)16-11-9-15(10-12-16)14-34-24-27-19-7-3-4-8-20(19)28-24/h1-12H,13-14H2,(H,26,33)(H,27,28)(H,29,31)(H,30,32). The summed E-state index contributed by atoms with van der Waals surface area (Å²) in [5.41, 5.74) is 8.18. The van der Waals surface area contributed by atoms with Gasteiger partial charge in [-0.25, -0.2) is 4.98 Å². The van der Waals surface area contributed by atoms with E-state index in [-0.39, 0.29) is 17.1 Å². The lowest BCUT2D eigenvalue weighted by Gasteiger charge is -2.09. The third kappa shape index (κ3) is 5.94. The molecule has 0 radical (unpaired) electrons. The average Bonchev–Trinajstić information content (AvgIpc) is 3.28. The van der Waals surface area contributed by atoms with Crippen molar-refractivity contribution in [3.8, 4) is 0 Å². The first kappa shape index (κ1) is 23.3. The molecule has 4 aromatic rings. The van der Waals surface area contributed by atoms with E-state index in [0.717, 1.165) is 21.8 Å². The van der Waals surface area contributed by atoms with E-state index in [1.54, 1.807) is 48.2 Å². The van der Waals surface area contributed by atoms with Gasteiger partial charge < -0.3 is 10.3 Å². The Balaban J connectivity index is 1.22. The fraction of sp³-hybridized carbons (Fsp3) is 0.0833. The number of thioether (sulfide) groups is 1. The van der Waals surface area contributed by atoms with Crippen molar-refractivity contribution >= 4 is 52.1 Å². The minimum atomic E-state index is -0.576. The maximum atomic E-state index is 12.3. The number of hydrazine groups is 1. The molecule has 34 heavy (non-hydrogen) atoms. The van der Waals surface area contributed by atoms with Crippen molar-refractivity contribution in [2.75, 3.05) is 6.54 Å². The molecule has 3 aromatic carbocycles. The van der Waals surface area contributed by atoms with Gasteiger partial charge in [0.1, 0.15) is 0 Å². The third-order valence-electron chi connectivity index (χ3n) is 4.80. The van der Waals surface area contributed by atoms with Crippen LogP contribution in [0.15, 0.2) is 78.0 Å². The zero-order valence-electron chi connectivity index (χ0n) is 17.8. The van der Waals surface area contributed by atoms with Gasteiger partial charge in [0, 0.05) is 11.3 Å². The number of imidazole rings is 1. The smallest absolute Gasteiger partial charge is 0.269 e. The molecule has 0 spiro atoms. The molecule has 0 atom stereocenters. The van der Waals surface area contributed by atoms with Crippen LogP contribution in [0.2, 0.25) is 5.02 Å². The van der Waals surface area contributed by atoms with Crippen molar-refractivity contribution in [1.82, 2.24) is 26.1 Å². The highest BCUT2D eigenvalue weighted by Crippen LogP contribution is 2.23. The SMILES string of the molecule is O=C(CNC(=O)c1ccccc1Cl)NNC(=O)c1ccc(CSc2nc3ccccc3[nH]2)cc1. The highest BCUT2D eigenvalue weighted by Gasteiger charge is 2.12. The van der Waals surface area contributed by atoms with Gasteiger partial charge in [-0.3, -0.25) is 25.2 Å². The molecule has 0 saturated heterocycles. The van der Waals surface area contributed by atoms with Crippen LogP contribution in [-0.2, 0) is 10.5 Å². The van der Waals surface area contributed by atoms with Gasteiger partial charge in [-0.1, -0.05) is 59.8 Å². The molecule has 1 aromatic heterocycles. The van der Waals surface area contributed by atoms with Crippen molar-refractivity contribution < 1.29 is 14.4 Å². The highest BCUT2D eigenvalue weighted by molar-refractivity contribution is 7.98. The molecule has 172 valence electrons. The van der Waals surface area contributed by atoms with Gasteiger partial charge >= 0.3 is 0 Å². The van der Waals surface area contributed by atoms with Crippen LogP contribution in [0.1, 0.15) is 26.3 Å². The van der Waals surface area contributed by atoms with E-state index in [1.807, 2.05) is 36.4 Å². The first-order valence-corrected chi connectivity index (χ1v) is 11.6. The Hall–Kier alpha value is -3.82. The van der Waals surface area contributed by atoms with Gasteiger partial charge in [-0.05, 0) is 42.0 Å². The maximum absolute atomic E-state index is 12.3. The molecule has 3 amide bonds. The molecule has 0 bridgehead atoms. The number of amides is 3. The summed E-state index contributed by atoms with van der Waals surface area (Å²) in [4.78, 5) is 44.1. The number of benzene rings is 3. The van der Waals surface area contributed by atoms with Crippen LogP contribution in [0.5, 0.6) is 0 Å². The minimum Gasteiger partial charge on any atom is -0.343 e. The summed E-state index contributed by atoms with van der Waals surface area (Å²) in [6.45, 7) is -0.317. The molecule has 1 heterocycles. The van der Waals surface area contributed by atoms with Crippen molar-refractivity contribution in [3.05, 3.63) is 94.5 Å². The van der Waals surface area contributed by atoms with Crippen LogP contribution in [0.3, 0.4) is 0 Å². The molecule has 0 aliphatic rings. The summed E-state index contributed by atoms with van der Waals surface area (Å²) >= 11 is 7.53. The highest BCUT2D eigenvalue weighted by atomic mass is 35.5. The Kier molecular flexibility index (Phi) is 7.46. The molecular weight excluding hydrogens is 474 g/mol. The number of rotatable bonds is 7. The van der Waals surface area contributed by atoms with Gasteiger partial charge in [0.05, 0.1) is 28.2 Å². The first-order valence-electron chi connectivity index (χ1n) is 10.3. The molecule has 0 aliphatic heterocycles. The Morgan fingerprint density at radius 3 is 2.38 bits per heavy atom. The first-order chi connectivity index (χ1) is 16.5. The molecule has 0 unspecified atom stereocenters. The number of carbonyl (C=O) groups excluding carboxylic acids is 3. The maximum Gasteiger partial charge on any atom is 0.269 e. The van der Waals surface area contributed by atoms with Crippen molar-refractivity contribution in [3.63, 3.8) is 0 Å². The van der Waals surface area contributed by atoms with Gasteiger partial charge in [-0.2, -0.15) is 0 Å². The Bertz CT molecular complexity index is 1310. The second kappa shape index (κ2) is 10.9. The van der Waals surface area contributed by atoms with Gasteiger partial charge in [0.2, 0.25) is 0 Å². The predicted octanol–water partition coefficient (Wildman–Crippen LogP) is 3.70.